The molecule has 0 bridgehead atoms. The Kier molecular flexibility index (Phi) is 3.15. The zero-order chi connectivity index (χ0) is 12.4. The minimum absolute atomic E-state index is 0.429. The Labute approximate surface area is 106 Å². The number of likely N-dealkylation sites (tertiary alicyclic amines) is 1. The number of rotatable bonds is 3. The lowest BCUT2D eigenvalue weighted by Crippen LogP contribution is -2.33. The molecule has 0 saturated carbocycles. The number of aromatic nitrogens is 3. The zero-order valence-corrected chi connectivity index (χ0v) is 10.6. The van der Waals surface area contributed by atoms with Crippen LogP contribution in [0.1, 0.15) is 42.5 Å². The summed E-state index contributed by atoms with van der Waals surface area (Å²) in [6, 6.07) is 4.51. The largest absolute Gasteiger partial charge is 0.361 e. The van der Waals surface area contributed by atoms with Gasteiger partial charge in [0.05, 0.1) is 17.4 Å². The number of aromatic amines is 1. The van der Waals surface area contributed by atoms with E-state index in [1.54, 1.807) is 0 Å². The van der Waals surface area contributed by atoms with Crippen molar-refractivity contribution in [1.29, 1.82) is 0 Å². The van der Waals surface area contributed by atoms with Crippen LogP contribution in [0.25, 0.3) is 0 Å². The summed E-state index contributed by atoms with van der Waals surface area (Å²) in [5.41, 5.74) is 2.22. The van der Waals surface area contributed by atoms with Crippen LogP contribution in [-0.4, -0.2) is 26.8 Å². The van der Waals surface area contributed by atoms with Gasteiger partial charge in [-0.05, 0) is 32.4 Å². The van der Waals surface area contributed by atoms with Crippen LogP contribution in [0.15, 0.2) is 22.9 Å². The highest BCUT2D eigenvalue weighted by Crippen LogP contribution is 2.30. The normalized spacial score (nSPS) is 21.3. The van der Waals surface area contributed by atoms with Gasteiger partial charge in [-0.2, -0.15) is 5.10 Å². The lowest BCUT2D eigenvalue weighted by atomic mass is 9.99. The highest BCUT2D eigenvalue weighted by Gasteiger charge is 2.25. The van der Waals surface area contributed by atoms with Crippen molar-refractivity contribution < 1.29 is 4.52 Å². The SMILES string of the molecule is Cc1cc(CN2CCCCC2c2ccn[nH]2)no1. The van der Waals surface area contributed by atoms with Crippen LogP contribution in [0.4, 0.5) is 0 Å². The van der Waals surface area contributed by atoms with E-state index in [4.69, 9.17) is 4.52 Å². The molecule has 1 N–H and O–H groups in total. The molecule has 2 aromatic heterocycles. The summed E-state index contributed by atoms with van der Waals surface area (Å²) in [6.07, 6.45) is 5.53. The Hall–Kier alpha value is -1.62. The summed E-state index contributed by atoms with van der Waals surface area (Å²) in [7, 11) is 0. The van der Waals surface area contributed by atoms with Crippen LogP contribution >= 0.6 is 0 Å². The summed E-state index contributed by atoms with van der Waals surface area (Å²) in [5, 5.41) is 11.2. The van der Waals surface area contributed by atoms with Gasteiger partial charge in [0.25, 0.3) is 0 Å². The Bertz CT molecular complexity index is 491. The number of nitrogens with one attached hydrogen (secondary N) is 1. The van der Waals surface area contributed by atoms with Crippen molar-refractivity contribution in [1.82, 2.24) is 20.3 Å². The van der Waals surface area contributed by atoms with Crippen LogP contribution < -0.4 is 0 Å². The molecule has 2 aromatic rings. The molecule has 0 aromatic carbocycles. The van der Waals surface area contributed by atoms with Gasteiger partial charge in [-0.3, -0.25) is 10.00 Å². The first kappa shape index (κ1) is 11.5. The fourth-order valence-electron chi connectivity index (χ4n) is 2.69. The van der Waals surface area contributed by atoms with Crippen LogP contribution in [0, 0.1) is 6.92 Å². The van der Waals surface area contributed by atoms with Gasteiger partial charge in [-0.1, -0.05) is 11.6 Å². The van der Waals surface area contributed by atoms with Crippen molar-refractivity contribution in [3.8, 4) is 0 Å². The monoisotopic (exact) mass is 246 g/mol. The molecule has 0 spiro atoms. The van der Waals surface area contributed by atoms with Gasteiger partial charge in [0, 0.05) is 18.8 Å². The van der Waals surface area contributed by atoms with E-state index in [-0.39, 0.29) is 0 Å². The Morgan fingerprint density at radius 1 is 1.50 bits per heavy atom. The van der Waals surface area contributed by atoms with Gasteiger partial charge in [-0.25, -0.2) is 0 Å². The van der Waals surface area contributed by atoms with Crippen molar-refractivity contribution in [2.45, 2.75) is 38.8 Å². The van der Waals surface area contributed by atoms with E-state index < -0.39 is 0 Å². The third-order valence-electron chi connectivity index (χ3n) is 3.54. The van der Waals surface area contributed by atoms with Crippen LogP contribution in [0.5, 0.6) is 0 Å². The summed E-state index contributed by atoms with van der Waals surface area (Å²) in [6.45, 7) is 3.88. The number of nitrogens with zero attached hydrogens (tertiary/aromatic N) is 3. The predicted octanol–water partition coefficient (Wildman–Crippen LogP) is 2.43. The lowest BCUT2D eigenvalue weighted by molar-refractivity contribution is 0.133. The highest BCUT2D eigenvalue weighted by atomic mass is 16.5. The molecule has 18 heavy (non-hydrogen) atoms. The molecular weight excluding hydrogens is 228 g/mol. The molecule has 1 unspecified atom stereocenters. The molecule has 1 saturated heterocycles. The molecule has 0 radical (unpaired) electrons. The first-order valence-electron chi connectivity index (χ1n) is 6.48. The molecule has 5 nitrogen and oxygen atoms in total. The third-order valence-corrected chi connectivity index (χ3v) is 3.54. The maximum absolute atomic E-state index is 5.14. The summed E-state index contributed by atoms with van der Waals surface area (Å²) >= 11 is 0. The van der Waals surface area contributed by atoms with E-state index in [2.05, 4.69) is 26.3 Å². The van der Waals surface area contributed by atoms with Crippen LogP contribution in [0.2, 0.25) is 0 Å². The van der Waals surface area contributed by atoms with Crippen molar-refractivity contribution in [2.75, 3.05) is 6.54 Å². The molecule has 1 aliphatic rings. The second-order valence-corrected chi connectivity index (χ2v) is 4.92. The van der Waals surface area contributed by atoms with E-state index in [0.717, 1.165) is 24.5 Å². The first-order valence-corrected chi connectivity index (χ1v) is 6.48. The highest BCUT2D eigenvalue weighted by molar-refractivity contribution is 5.09. The molecule has 3 rings (SSSR count). The zero-order valence-electron chi connectivity index (χ0n) is 10.6. The second kappa shape index (κ2) is 4.94. The molecule has 0 aliphatic carbocycles. The fraction of sp³-hybridized carbons (Fsp3) is 0.538. The molecule has 1 atom stereocenters. The van der Waals surface area contributed by atoms with Gasteiger partial charge in [0.1, 0.15) is 5.76 Å². The van der Waals surface area contributed by atoms with Gasteiger partial charge < -0.3 is 4.52 Å². The van der Waals surface area contributed by atoms with E-state index in [1.807, 2.05) is 19.2 Å². The quantitative estimate of drug-likeness (QED) is 0.903. The van der Waals surface area contributed by atoms with E-state index in [1.165, 1.54) is 25.0 Å². The average Bonchev–Trinajstić information content (AvgIpc) is 3.02. The van der Waals surface area contributed by atoms with Crippen molar-refractivity contribution in [3.05, 3.63) is 35.5 Å². The van der Waals surface area contributed by atoms with Crippen molar-refractivity contribution in [3.63, 3.8) is 0 Å². The minimum atomic E-state index is 0.429. The number of piperidine rings is 1. The number of hydrogen-bond acceptors (Lipinski definition) is 4. The maximum Gasteiger partial charge on any atom is 0.133 e. The van der Waals surface area contributed by atoms with Crippen molar-refractivity contribution >= 4 is 0 Å². The fourth-order valence-corrected chi connectivity index (χ4v) is 2.69. The van der Waals surface area contributed by atoms with E-state index in [9.17, 15) is 0 Å². The second-order valence-electron chi connectivity index (χ2n) is 4.92. The summed E-state index contributed by atoms with van der Waals surface area (Å²) in [5.74, 6) is 0.875. The minimum Gasteiger partial charge on any atom is -0.361 e. The third kappa shape index (κ3) is 2.31. The Morgan fingerprint density at radius 3 is 3.17 bits per heavy atom. The van der Waals surface area contributed by atoms with Gasteiger partial charge >= 0.3 is 0 Å². The van der Waals surface area contributed by atoms with Crippen molar-refractivity contribution in [2.24, 2.45) is 0 Å². The Morgan fingerprint density at radius 2 is 2.44 bits per heavy atom. The number of aryl methyl sites for hydroxylation is 1. The summed E-state index contributed by atoms with van der Waals surface area (Å²) < 4.78 is 5.14. The van der Waals surface area contributed by atoms with Gasteiger partial charge in [0.15, 0.2) is 0 Å². The predicted molar refractivity (Wildman–Crippen MR) is 66.8 cm³/mol. The van der Waals surface area contributed by atoms with E-state index >= 15 is 0 Å². The first-order chi connectivity index (χ1) is 8.83. The smallest absolute Gasteiger partial charge is 0.133 e. The van der Waals surface area contributed by atoms with Gasteiger partial charge in [0.2, 0.25) is 0 Å². The van der Waals surface area contributed by atoms with E-state index in [0.29, 0.717) is 6.04 Å². The number of H-pyrrole nitrogens is 1. The summed E-state index contributed by atoms with van der Waals surface area (Å²) in [4.78, 5) is 2.45. The molecule has 1 fully saturated rings. The topological polar surface area (TPSA) is 58.0 Å². The van der Waals surface area contributed by atoms with Gasteiger partial charge in [-0.15, -0.1) is 0 Å². The molecule has 96 valence electrons. The average molecular weight is 246 g/mol. The molecular formula is C13H18N4O. The number of hydrogen-bond donors (Lipinski definition) is 1. The van der Waals surface area contributed by atoms with Crippen LogP contribution in [-0.2, 0) is 6.54 Å². The standard InChI is InChI=1S/C13H18N4O/c1-10-8-11(16-18-10)9-17-7-3-2-4-13(17)12-5-6-14-15-12/h5-6,8,13H,2-4,7,9H2,1H3,(H,14,15). The molecule has 5 heteroatoms. The molecule has 3 heterocycles. The van der Waals surface area contributed by atoms with Crippen LogP contribution in [0.3, 0.4) is 0 Å². The molecule has 0 amide bonds. The lowest BCUT2D eigenvalue weighted by Gasteiger charge is -2.34. The Balaban J connectivity index is 1.76. The molecule has 1 aliphatic heterocycles. The maximum atomic E-state index is 5.14.